The highest BCUT2D eigenvalue weighted by atomic mass is 32.1. The molecule has 0 aliphatic carbocycles. The predicted octanol–water partition coefficient (Wildman–Crippen LogP) is 6.79. The molecule has 0 bridgehead atoms. The Hall–Kier alpha value is -4.42. The maximum atomic E-state index is 13.6. The second-order valence-corrected chi connectivity index (χ2v) is 11.8. The summed E-state index contributed by atoms with van der Waals surface area (Å²) in [5.74, 6) is 0.253. The maximum absolute atomic E-state index is 13.6. The molecule has 12 heteroatoms. The van der Waals surface area contributed by atoms with Gasteiger partial charge in [0.05, 0.1) is 16.6 Å². The number of benzene rings is 2. The molecular weight excluding hydrogens is 589 g/mol. The van der Waals surface area contributed by atoms with Crippen LogP contribution in [-0.4, -0.2) is 59.6 Å². The molecular formula is C32H33F3N6O2S. The third kappa shape index (κ3) is 6.71. The van der Waals surface area contributed by atoms with Gasteiger partial charge in [-0.15, -0.1) is 11.3 Å². The normalized spacial score (nSPS) is 12.5. The molecule has 0 aliphatic heterocycles. The molecule has 0 unspecified atom stereocenters. The zero-order valence-corrected chi connectivity index (χ0v) is 25.6. The third-order valence-corrected chi connectivity index (χ3v) is 8.40. The number of primary amides is 1. The number of thiophene rings is 1. The van der Waals surface area contributed by atoms with Crippen LogP contribution in [0.5, 0.6) is 5.75 Å². The number of rotatable bonds is 11. The van der Waals surface area contributed by atoms with E-state index < -0.39 is 23.8 Å². The number of pyridine rings is 1. The van der Waals surface area contributed by atoms with Crippen LogP contribution in [0.4, 0.5) is 19.0 Å². The molecule has 5 aromatic rings. The van der Waals surface area contributed by atoms with Crippen molar-refractivity contribution in [1.82, 2.24) is 19.4 Å². The number of halogens is 3. The van der Waals surface area contributed by atoms with Gasteiger partial charge < -0.3 is 20.3 Å². The van der Waals surface area contributed by atoms with Gasteiger partial charge in [0, 0.05) is 31.4 Å². The minimum absolute atomic E-state index is 0.0391. The summed E-state index contributed by atoms with van der Waals surface area (Å²) in [5.41, 5.74) is 8.29. The van der Waals surface area contributed by atoms with Gasteiger partial charge in [0.15, 0.2) is 0 Å². The summed E-state index contributed by atoms with van der Waals surface area (Å²) in [7, 11) is 6.14. The Labute approximate surface area is 257 Å². The number of ether oxygens (including phenoxy) is 1. The first-order chi connectivity index (χ1) is 20.9. The number of imidazole rings is 1. The highest BCUT2D eigenvalue weighted by Gasteiger charge is 2.35. The van der Waals surface area contributed by atoms with Gasteiger partial charge in [-0.1, -0.05) is 24.3 Å². The first-order valence-electron chi connectivity index (χ1n) is 14.0. The lowest BCUT2D eigenvalue weighted by Gasteiger charge is -2.20. The number of nitrogens with two attached hydrogens (primary N) is 1. The van der Waals surface area contributed by atoms with Crippen molar-refractivity contribution in [3.05, 3.63) is 89.2 Å². The summed E-state index contributed by atoms with van der Waals surface area (Å²) >= 11 is 1.09. The summed E-state index contributed by atoms with van der Waals surface area (Å²) in [6.45, 7) is 3.38. The number of hydrogen-bond acceptors (Lipinski definition) is 7. The van der Waals surface area contributed by atoms with Gasteiger partial charge in [0.25, 0.3) is 5.91 Å². The molecule has 0 aliphatic rings. The molecule has 230 valence electrons. The Morgan fingerprint density at radius 3 is 2.50 bits per heavy atom. The summed E-state index contributed by atoms with van der Waals surface area (Å²) in [4.78, 5) is 25.8. The zero-order chi connectivity index (χ0) is 31.6. The Morgan fingerprint density at radius 1 is 1.02 bits per heavy atom. The molecule has 1 atom stereocenters. The molecule has 0 radical (unpaired) electrons. The monoisotopic (exact) mass is 622 g/mol. The number of carbonyl (C=O) groups excluding carboxylic acids is 1. The SMILES string of the molecule is C[C@@H](Oc1cc(-n2cnc3cc(-c4ccnc(N(C)CCCN(C)C)c4)ccc32)sc1C(N)=O)c1ccccc1C(F)(F)F. The molecule has 2 aromatic carbocycles. The fraction of sp³-hybridized carbons (Fsp3) is 0.281. The summed E-state index contributed by atoms with van der Waals surface area (Å²) in [5, 5.41) is 0.589. The Balaban J connectivity index is 1.41. The van der Waals surface area contributed by atoms with Gasteiger partial charge in [-0.3, -0.25) is 9.36 Å². The number of anilines is 1. The Kier molecular flexibility index (Phi) is 8.93. The smallest absolute Gasteiger partial charge is 0.416 e. The number of hydrogen-bond donors (Lipinski definition) is 1. The second-order valence-electron chi connectivity index (χ2n) is 10.8. The highest BCUT2D eigenvalue weighted by Crippen LogP contribution is 2.39. The van der Waals surface area contributed by atoms with Gasteiger partial charge in [-0.25, -0.2) is 9.97 Å². The van der Waals surface area contributed by atoms with E-state index in [1.54, 1.807) is 23.2 Å². The van der Waals surface area contributed by atoms with E-state index in [0.29, 0.717) is 5.00 Å². The molecule has 0 fully saturated rings. The predicted molar refractivity (Wildman–Crippen MR) is 168 cm³/mol. The molecule has 44 heavy (non-hydrogen) atoms. The van der Waals surface area contributed by atoms with E-state index in [9.17, 15) is 18.0 Å². The summed E-state index contributed by atoms with van der Waals surface area (Å²) in [6.07, 6.45) is -1.09. The van der Waals surface area contributed by atoms with Crippen LogP contribution < -0.4 is 15.4 Å². The van der Waals surface area contributed by atoms with Gasteiger partial charge in [0.2, 0.25) is 0 Å². The van der Waals surface area contributed by atoms with Gasteiger partial charge >= 0.3 is 6.18 Å². The van der Waals surface area contributed by atoms with Crippen molar-refractivity contribution in [2.45, 2.75) is 25.6 Å². The molecule has 0 saturated heterocycles. The van der Waals surface area contributed by atoms with Crippen molar-refractivity contribution in [3.8, 4) is 21.9 Å². The zero-order valence-electron chi connectivity index (χ0n) is 24.8. The van der Waals surface area contributed by atoms with Crippen LogP contribution in [0.2, 0.25) is 0 Å². The average Bonchev–Trinajstić information content (AvgIpc) is 3.60. The Morgan fingerprint density at radius 2 is 1.77 bits per heavy atom. The van der Waals surface area contributed by atoms with E-state index in [-0.39, 0.29) is 16.2 Å². The third-order valence-electron chi connectivity index (χ3n) is 7.27. The number of fused-ring (bicyclic) bond motifs is 1. The van der Waals surface area contributed by atoms with Gasteiger partial charge in [0.1, 0.15) is 33.9 Å². The van der Waals surface area contributed by atoms with E-state index in [4.69, 9.17) is 10.5 Å². The minimum Gasteiger partial charge on any atom is -0.484 e. The molecule has 2 N–H and O–H groups in total. The van der Waals surface area contributed by atoms with Gasteiger partial charge in [-0.2, -0.15) is 13.2 Å². The van der Waals surface area contributed by atoms with Crippen LogP contribution >= 0.6 is 11.3 Å². The fourth-order valence-electron chi connectivity index (χ4n) is 5.02. The minimum atomic E-state index is -4.55. The van der Waals surface area contributed by atoms with Crippen molar-refractivity contribution in [3.63, 3.8) is 0 Å². The maximum Gasteiger partial charge on any atom is 0.416 e. The number of carbonyl (C=O) groups is 1. The highest BCUT2D eigenvalue weighted by molar-refractivity contribution is 7.16. The molecule has 8 nitrogen and oxygen atoms in total. The standard InChI is InChI=1S/C32H33F3N6O2S/c1-20(23-8-5-6-9-24(23)32(33,34)35)43-27-18-29(44-30(27)31(36)42)41-19-38-25-16-21(10-11-26(25)41)22-12-13-37-28(17-22)40(4)15-7-14-39(2)3/h5-6,8-13,16-20H,7,14-15H2,1-4H3,(H2,36,42)/t20-/m1/s1. The lowest BCUT2D eigenvalue weighted by atomic mass is 10.0. The molecule has 3 heterocycles. The lowest BCUT2D eigenvalue weighted by molar-refractivity contribution is -0.139. The molecule has 3 aromatic heterocycles. The van der Waals surface area contributed by atoms with Crippen LogP contribution in [-0.2, 0) is 6.18 Å². The molecule has 5 rings (SSSR count). The number of aromatic nitrogens is 3. The van der Waals surface area contributed by atoms with Crippen LogP contribution in [0, 0.1) is 0 Å². The molecule has 0 spiro atoms. The first kappa shape index (κ1) is 31.0. The Bertz CT molecular complexity index is 1780. The number of amides is 1. The van der Waals surface area contributed by atoms with E-state index in [1.807, 2.05) is 37.4 Å². The van der Waals surface area contributed by atoms with Crippen molar-refractivity contribution in [2.24, 2.45) is 5.73 Å². The molecule has 1 amide bonds. The second kappa shape index (κ2) is 12.7. The van der Waals surface area contributed by atoms with Crippen LogP contribution in [0.3, 0.4) is 0 Å². The number of alkyl halides is 3. The van der Waals surface area contributed by atoms with E-state index in [2.05, 4.69) is 33.9 Å². The summed E-state index contributed by atoms with van der Waals surface area (Å²) in [6, 6.07) is 16.7. The van der Waals surface area contributed by atoms with E-state index >= 15 is 0 Å². The average molecular weight is 623 g/mol. The quantitative estimate of drug-likeness (QED) is 0.174. The van der Waals surface area contributed by atoms with Crippen molar-refractivity contribution in [2.75, 3.05) is 39.1 Å². The lowest BCUT2D eigenvalue weighted by Crippen LogP contribution is -2.23. The van der Waals surface area contributed by atoms with Crippen molar-refractivity contribution < 1.29 is 22.7 Å². The largest absolute Gasteiger partial charge is 0.484 e. The first-order valence-corrected chi connectivity index (χ1v) is 14.8. The fourth-order valence-corrected chi connectivity index (χ4v) is 5.94. The van der Waals surface area contributed by atoms with Crippen LogP contribution in [0.15, 0.2) is 73.2 Å². The van der Waals surface area contributed by atoms with Crippen LogP contribution in [0.1, 0.15) is 40.2 Å². The van der Waals surface area contributed by atoms with Crippen molar-refractivity contribution >= 4 is 34.1 Å². The van der Waals surface area contributed by atoms with E-state index in [1.165, 1.54) is 25.1 Å². The number of nitrogens with zero attached hydrogens (tertiary/aromatic N) is 5. The molecule has 0 saturated carbocycles. The topological polar surface area (TPSA) is 89.5 Å². The van der Waals surface area contributed by atoms with Crippen LogP contribution in [0.25, 0.3) is 27.2 Å². The van der Waals surface area contributed by atoms with Gasteiger partial charge in [-0.05, 0) is 75.4 Å². The van der Waals surface area contributed by atoms with E-state index in [0.717, 1.165) is 64.9 Å². The summed E-state index contributed by atoms with van der Waals surface area (Å²) < 4.78 is 48.6. The van der Waals surface area contributed by atoms with Crippen molar-refractivity contribution in [1.29, 1.82) is 0 Å².